The Hall–Kier alpha value is -3.09. The molecule has 152 valence electrons. The van der Waals surface area contributed by atoms with Gasteiger partial charge in [-0.15, -0.1) is 0 Å². The van der Waals surface area contributed by atoms with Crippen LogP contribution in [0.5, 0.6) is 0 Å². The smallest absolute Gasteiger partial charge is 0.0487 e. The van der Waals surface area contributed by atoms with Crippen molar-refractivity contribution in [2.45, 2.75) is 25.7 Å². The van der Waals surface area contributed by atoms with Crippen molar-refractivity contribution < 1.29 is 0 Å². The first-order chi connectivity index (χ1) is 15.3. The molecule has 1 heteroatoms. The van der Waals surface area contributed by atoms with E-state index in [1.165, 1.54) is 43.8 Å². The predicted octanol–water partition coefficient (Wildman–Crippen LogP) is 8.22. The van der Waals surface area contributed by atoms with Gasteiger partial charge in [0.05, 0.1) is 0 Å². The van der Waals surface area contributed by atoms with E-state index in [0.29, 0.717) is 0 Å². The van der Waals surface area contributed by atoms with Gasteiger partial charge < -0.3 is 0 Å². The molecule has 0 aliphatic carbocycles. The number of halogens is 1. The minimum absolute atomic E-state index is 0.854. The Labute approximate surface area is 189 Å². The summed E-state index contributed by atoms with van der Waals surface area (Å²) < 4.78 is 0. The average molecular weight is 421 g/mol. The number of hydrogen-bond donors (Lipinski definition) is 0. The van der Waals surface area contributed by atoms with E-state index in [4.69, 9.17) is 11.6 Å². The van der Waals surface area contributed by atoms with Gasteiger partial charge in [0, 0.05) is 10.4 Å². The van der Waals surface area contributed by atoms with E-state index in [0.717, 1.165) is 30.7 Å². The van der Waals surface area contributed by atoms with Gasteiger partial charge in [-0.3, -0.25) is 0 Å². The summed E-state index contributed by atoms with van der Waals surface area (Å²) in [6, 6.07) is 36.7. The summed E-state index contributed by atoms with van der Waals surface area (Å²) >= 11 is 6.83. The molecule has 0 fully saturated rings. The molecule has 0 nitrogen and oxygen atoms in total. The van der Waals surface area contributed by atoms with Gasteiger partial charge in [-0.05, 0) is 70.2 Å². The van der Waals surface area contributed by atoms with Crippen molar-refractivity contribution in [3.63, 3.8) is 0 Å². The van der Waals surface area contributed by atoms with Crippen LogP contribution in [-0.4, -0.2) is 0 Å². The minimum atomic E-state index is 0.854. The van der Waals surface area contributed by atoms with Crippen LogP contribution in [-0.2, 0) is 25.7 Å². The molecular weight excluding hydrogens is 396 g/mol. The maximum atomic E-state index is 6.83. The number of rotatable bonds is 6. The molecule has 5 aromatic rings. The van der Waals surface area contributed by atoms with E-state index in [1.54, 1.807) is 0 Å². The first-order valence-electron chi connectivity index (χ1n) is 11.0. The van der Waals surface area contributed by atoms with Gasteiger partial charge in [0.2, 0.25) is 0 Å². The number of benzene rings is 5. The predicted molar refractivity (Wildman–Crippen MR) is 134 cm³/mol. The summed E-state index contributed by atoms with van der Waals surface area (Å²) in [6.07, 6.45) is 4.01. The third-order valence-corrected chi connectivity index (χ3v) is 6.55. The van der Waals surface area contributed by atoms with Crippen LogP contribution in [0.15, 0.2) is 103 Å². The minimum Gasteiger partial charge on any atom is -0.0837 e. The van der Waals surface area contributed by atoms with Crippen molar-refractivity contribution in [2.24, 2.45) is 0 Å². The quantitative estimate of drug-likeness (QED) is 0.243. The molecule has 0 N–H and O–H groups in total. The number of hydrogen-bond acceptors (Lipinski definition) is 0. The van der Waals surface area contributed by atoms with Gasteiger partial charge in [0.15, 0.2) is 0 Å². The van der Waals surface area contributed by atoms with Crippen LogP contribution in [0.25, 0.3) is 21.5 Å². The molecule has 0 aromatic heterocycles. The molecule has 0 aliphatic rings. The Bertz CT molecular complexity index is 1320. The largest absolute Gasteiger partial charge is 0.0837 e. The Morgan fingerprint density at radius 2 is 0.903 bits per heavy atom. The zero-order valence-electron chi connectivity index (χ0n) is 17.5. The molecule has 31 heavy (non-hydrogen) atoms. The van der Waals surface area contributed by atoms with E-state index in [9.17, 15) is 0 Å². The summed E-state index contributed by atoms with van der Waals surface area (Å²) in [7, 11) is 0. The summed E-state index contributed by atoms with van der Waals surface area (Å²) in [6.45, 7) is 0. The number of aryl methyl sites for hydroxylation is 4. The van der Waals surface area contributed by atoms with Gasteiger partial charge >= 0.3 is 0 Å². The van der Waals surface area contributed by atoms with E-state index < -0.39 is 0 Å². The molecule has 0 bridgehead atoms. The summed E-state index contributed by atoms with van der Waals surface area (Å²) in [5.41, 5.74) is 5.50. The van der Waals surface area contributed by atoms with Gasteiger partial charge in [0.25, 0.3) is 0 Å². The third-order valence-electron chi connectivity index (χ3n) is 6.23. The highest BCUT2D eigenvalue weighted by molar-refractivity contribution is 6.36. The SMILES string of the molecule is Clc1cccc2c(CCc3ccccc3)c3ccccc3c(CCc3ccccc3)c12. The van der Waals surface area contributed by atoms with Gasteiger partial charge in [-0.2, -0.15) is 0 Å². The first kappa shape index (κ1) is 19.8. The molecule has 0 saturated carbocycles. The Balaban J connectivity index is 1.65. The third kappa shape index (κ3) is 4.09. The molecule has 5 aromatic carbocycles. The summed E-state index contributed by atoms with van der Waals surface area (Å²) in [5, 5.41) is 6.07. The van der Waals surface area contributed by atoms with Crippen LogP contribution in [0, 0.1) is 0 Å². The van der Waals surface area contributed by atoms with Crippen molar-refractivity contribution in [2.75, 3.05) is 0 Å². The van der Waals surface area contributed by atoms with Crippen LogP contribution in [0.2, 0.25) is 5.02 Å². The lowest BCUT2D eigenvalue weighted by molar-refractivity contribution is 0.966. The monoisotopic (exact) mass is 420 g/mol. The Kier molecular flexibility index (Phi) is 5.74. The van der Waals surface area contributed by atoms with Gasteiger partial charge in [0.1, 0.15) is 0 Å². The molecule has 0 atom stereocenters. The highest BCUT2D eigenvalue weighted by atomic mass is 35.5. The molecular formula is C30H25Cl. The summed E-state index contributed by atoms with van der Waals surface area (Å²) in [5.74, 6) is 0. The maximum absolute atomic E-state index is 6.83. The summed E-state index contributed by atoms with van der Waals surface area (Å²) in [4.78, 5) is 0. The second kappa shape index (κ2) is 8.96. The molecule has 0 amide bonds. The fourth-order valence-electron chi connectivity index (χ4n) is 4.73. The lowest BCUT2D eigenvalue weighted by atomic mass is 9.87. The van der Waals surface area contributed by atoms with Crippen LogP contribution >= 0.6 is 11.6 Å². The second-order valence-electron chi connectivity index (χ2n) is 8.14. The molecule has 0 spiro atoms. The zero-order chi connectivity index (χ0) is 21.0. The average Bonchev–Trinajstić information content (AvgIpc) is 2.83. The highest BCUT2D eigenvalue weighted by Gasteiger charge is 2.16. The molecule has 0 radical (unpaired) electrons. The molecule has 0 unspecified atom stereocenters. The van der Waals surface area contributed by atoms with Crippen molar-refractivity contribution in [3.8, 4) is 0 Å². The van der Waals surface area contributed by atoms with E-state index >= 15 is 0 Å². The highest BCUT2D eigenvalue weighted by Crippen LogP contribution is 2.38. The lowest BCUT2D eigenvalue weighted by Crippen LogP contribution is -2.00. The molecule has 0 heterocycles. The molecule has 0 saturated heterocycles. The van der Waals surface area contributed by atoms with Crippen LogP contribution in [0.4, 0.5) is 0 Å². The second-order valence-corrected chi connectivity index (χ2v) is 8.54. The van der Waals surface area contributed by atoms with Gasteiger partial charge in [-0.25, -0.2) is 0 Å². The fraction of sp³-hybridized carbons (Fsp3) is 0.133. The van der Waals surface area contributed by atoms with Crippen molar-refractivity contribution in [1.82, 2.24) is 0 Å². The first-order valence-corrected chi connectivity index (χ1v) is 11.4. The lowest BCUT2D eigenvalue weighted by Gasteiger charge is -2.18. The topological polar surface area (TPSA) is 0 Å². The Morgan fingerprint density at radius 1 is 0.419 bits per heavy atom. The van der Waals surface area contributed by atoms with Crippen molar-refractivity contribution in [3.05, 3.63) is 130 Å². The standard InChI is InChI=1S/C30H25Cl/c31-29-17-9-16-27-26(20-18-22-10-3-1-4-11-22)24-14-7-8-15-25(24)28(30(27)29)21-19-23-12-5-2-6-13-23/h1-17H,18-21H2. The van der Waals surface area contributed by atoms with E-state index in [2.05, 4.69) is 97.1 Å². The van der Waals surface area contributed by atoms with Crippen molar-refractivity contribution in [1.29, 1.82) is 0 Å². The van der Waals surface area contributed by atoms with Crippen LogP contribution < -0.4 is 0 Å². The Morgan fingerprint density at radius 3 is 1.52 bits per heavy atom. The fourth-order valence-corrected chi connectivity index (χ4v) is 5.02. The van der Waals surface area contributed by atoms with Gasteiger partial charge in [-0.1, -0.05) is 109 Å². The molecule has 5 rings (SSSR count). The zero-order valence-corrected chi connectivity index (χ0v) is 18.3. The van der Waals surface area contributed by atoms with E-state index in [1.807, 2.05) is 6.07 Å². The van der Waals surface area contributed by atoms with Crippen molar-refractivity contribution >= 4 is 33.1 Å². The molecule has 0 aliphatic heterocycles. The number of fused-ring (bicyclic) bond motifs is 2. The normalized spacial score (nSPS) is 11.3. The van der Waals surface area contributed by atoms with Crippen LogP contribution in [0.1, 0.15) is 22.3 Å². The maximum Gasteiger partial charge on any atom is 0.0487 e. The van der Waals surface area contributed by atoms with E-state index in [-0.39, 0.29) is 0 Å². The van der Waals surface area contributed by atoms with Crippen LogP contribution in [0.3, 0.4) is 0 Å².